The topological polar surface area (TPSA) is 78.4 Å². The second-order valence-electron chi connectivity index (χ2n) is 6.84. The summed E-state index contributed by atoms with van der Waals surface area (Å²) in [6, 6.07) is 12.4. The summed E-state index contributed by atoms with van der Waals surface area (Å²) in [4.78, 5) is 14.4. The second-order valence-corrected chi connectivity index (χ2v) is 6.84. The van der Waals surface area contributed by atoms with E-state index in [1.165, 1.54) is 0 Å². The number of carbonyl (C=O) groups excluding carboxylic acids is 1. The molecule has 2 N–H and O–H groups in total. The molecule has 1 aromatic heterocycles. The van der Waals surface area contributed by atoms with Gasteiger partial charge in [-0.1, -0.05) is 24.3 Å². The molecule has 0 bridgehead atoms. The summed E-state index contributed by atoms with van der Waals surface area (Å²) in [6.45, 7) is 5.81. The van der Waals surface area contributed by atoms with Crippen LogP contribution in [0.1, 0.15) is 26.3 Å². The van der Waals surface area contributed by atoms with E-state index in [-0.39, 0.29) is 5.75 Å². The van der Waals surface area contributed by atoms with Gasteiger partial charge in [-0.05, 0) is 44.5 Å². The Bertz CT molecular complexity index is 879. The number of phenols is 1. The molecule has 6 nitrogen and oxygen atoms in total. The van der Waals surface area contributed by atoms with E-state index in [4.69, 9.17) is 4.74 Å². The number of H-pyrrole nitrogens is 1. The lowest BCUT2D eigenvalue weighted by molar-refractivity contribution is 0.0578. The van der Waals surface area contributed by atoms with E-state index < -0.39 is 11.7 Å². The summed E-state index contributed by atoms with van der Waals surface area (Å²) in [5.74, 6) is 0.184. The Hall–Kier alpha value is -3.02. The highest BCUT2D eigenvalue weighted by Crippen LogP contribution is 2.28. The fourth-order valence-electron chi connectivity index (χ4n) is 2.53. The molecule has 0 radical (unpaired) electrons. The monoisotopic (exact) mass is 339 g/mol. The van der Waals surface area contributed by atoms with Crippen LogP contribution in [0.4, 0.5) is 10.5 Å². The Morgan fingerprint density at radius 3 is 2.60 bits per heavy atom. The first-order valence-corrected chi connectivity index (χ1v) is 8.04. The van der Waals surface area contributed by atoms with Crippen molar-refractivity contribution in [3.63, 3.8) is 0 Å². The number of carbonyl (C=O) groups is 1. The zero-order chi connectivity index (χ0) is 18.0. The Morgan fingerprint density at radius 2 is 1.92 bits per heavy atom. The van der Waals surface area contributed by atoms with Crippen molar-refractivity contribution in [2.75, 3.05) is 4.90 Å². The number of nitrogens with one attached hydrogen (secondary N) is 1. The average Bonchev–Trinajstić information content (AvgIpc) is 3.01. The molecule has 0 spiro atoms. The molecule has 3 rings (SSSR count). The summed E-state index contributed by atoms with van der Waals surface area (Å²) in [7, 11) is 0. The van der Waals surface area contributed by atoms with Crippen LogP contribution in [0.25, 0.3) is 10.9 Å². The number of ether oxygens (including phenoxy) is 1. The van der Waals surface area contributed by atoms with Crippen LogP contribution in [0.15, 0.2) is 48.7 Å². The maximum Gasteiger partial charge on any atom is 0.415 e. The fourth-order valence-corrected chi connectivity index (χ4v) is 2.53. The van der Waals surface area contributed by atoms with Crippen LogP contribution in [0.5, 0.6) is 5.75 Å². The predicted octanol–water partition coefficient (Wildman–Crippen LogP) is 4.21. The minimum absolute atomic E-state index is 0.184. The van der Waals surface area contributed by atoms with Gasteiger partial charge in [-0.15, -0.1) is 0 Å². The van der Waals surface area contributed by atoms with Crippen LogP contribution in [-0.4, -0.2) is 27.0 Å². The largest absolute Gasteiger partial charge is 0.508 e. The molecule has 0 saturated carbocycles. The third-order valence-corrected chi connectivity index (χ3v) is 3.64. The number of aromatic amines is 1. The van der Waals surface area contributed by atoms with E-state index in [0.717, 1.165) is 16.5 Å². The van der Waals surface area contributed by atoms with Crippen LogP contribution >= 0.6 is 0 Å². The average molecular weight is 339 g/mol. The molecule has 1 heterocycles. The highest BCUT2D eigenvalue weighted by Gasteiger charge is 2.25. The number of hydrogen-bond acceptors (Lipinski definition) is 4. The quantitative estimate of drug-likeness (QED) is 0.749. The van der Waals surface area contributed by atoms with Gasteiger partial charge in [0, 0.05) is 5.39 Å². The third-order valence-electron chi connectivity index (χ3n) is 3.64. The molecule has 0 aliphatic carbocycles. The summed E-state index contributed by atoms with van der Waals surface area (Å²) in [5.41, 5.74) is 1.73. The number of hydrogen-bond donors (Lipinski definition) is 2. The van der Waals surface area contributed by atoms with Gasteiger partial charge in [-0.2, -0.15) is 5.10 Å². The van der Waals surface area contributed by atoms with Crippen molar-refractivity contribution in [2.45, 2.75) is 32.9 Å². The van der Waals surface area contributed by atoms with E-state index in [9.17, 15) is 9.90 Å². The lowest BCUT2D eigenvalue weighted by Crippen LogP contribution is -2.36. The molecule has 2 aromatic carbocycles. The van der Waals surface area contributed by atoms with Gasteiger partial charge < -0.3 is 9.84 Å². The molecular weight excluding hydrogens is 318 g/mol. The van der Waals surface area contributed by atoms with Crippen LogP contribution < -0.4 is 4.90 Å². The molecule has 0 fully saturated rings. The van der Waals surface area contributed by atoms with Gasteiger partial charge in [-0.3, -0.25) is 10.00 Å². The fraction of sp³-hybridized carbons (Fsp3) is 0.263. The molecule has 0 aliphatic heterocycles. The minimum atomic E-state index is -0.605. The summed E-state index contributed by atoms with van der Waals surface area (Å²) in [5, 5.41) is 17.4. The summed E-state index contributed by atoms with van der Waals surface area (Å²) >= 11 is 0. The lowest BCUT2D eigenvalue weighted by atomic mass is 10.1. The van der Waals surface area contributed by atoms with E-state index in [2.05, 4.69) is 10.2 Å². The van der Waals surface area contributed by atoms with Gasteiger partial charge in [0.1, 0.15) is 11.4 Å². The first-order valence-electron chi connectivity index (χ1n) is 8.04. The van der Waals surface area contributed by atoms with Crippen molar-refractivity contribution in [1.82, 2.24) is 10.2 Å². The van der Waals surface area contributed by atoms with E-state index in [0.29, 0.717) is 12.2 Å². The number of aromatic hydroxyl groups is 1. The molecule has 25 heavy (non-hydrogen) atoms. The van der Waals surface area contributed by atoms with Crippen molar-refractivity contribution >= 4 is 22.7 Å². The molecule has 0 atom stereocenters. The number of para-hydroxylation sites is 1. The molecule has 0 unspecified atom stereocenters. The van der Waals surface area contributed by atoms with Crippen molar-refractivity contribution in [1.29, 1.82) is 0 Å². The number of phenolic OH excluding ortho intramolecular Hbond substituents is 1. The standard InChI is InChI=1S/C19H21N3O3/c1-19(2,3)25-18(24)22(12-13-7-9-15(23)10-8-13)16-6-4-5-14-11-20-21-17(14)16/h4-11,23H,12H2,1-3H3,(H,20,21). The van der Waals surface area contributed by atoms with Crippen LogP contribution in [0.2, 0.25) is 0 Å². The van der Waals surface area contributed by atoms with Gasteiger partial charge in [0.2, 0.25) is 0 Å². The molecule has 1 amide bonds. The highest BCUT2D eigenvalue weighted by molar-refractivity contribution is 5.99. The first kappa shape index (κ1) is 16.8. The Balaban J connectivity index is 2.00. The molecule has 0 aliphatic rings. The Kier molecular flexibility index (Phi) is 4.35. The van der Waals surface area contributed by atoms with E-state index in [1.54, 1.807) is 35.4 Å². The summed E-state index contributed by atoms with van der Waals surface area (Å²) in [6.07, 6.45) is 1.27. The maximum atomic E-state index is 12.8. The number of anilines is 1. The van der Waals surface area contributed by atoms with E-state index >= 15 is 0 Å². The van der Waals surface area contributed by atoms with Crippen molar-refractivity contribution < 1.29 is 14.6 Å². The maximum absolute atomic E-state index is 12.8. The Morgan fingerprint density at radius 1 is 1.20 bits per heavy atom. The van der Waals surface area contributed by atoms with Crippen molar-refractivity contribution in [2.24, 2.45) is 0 Å². The number of amides is 1. The smallest absolute Gasteiger partial charge is 0.415 e. The Labute approximate surface area is 146 Å². The normalized spacial score (nSPS) is 11.5. The summed E-state index contributed by atoms with van der Waals surface area (Å²) < 4.78 is 5.58. The lowest BCUT2D eigenvalue weighted by Gasteiger charge is -2.28. The SMILES string of the molecule is CC(C)(C)OC(=O)N(Cc1ccc(O)cc1)c1cccc2cn[nH]c12. The first-order chi connectivity index (χ1) is 11.8. The third kappa shape index (κ3) is 3.91. The van der Waals surface area contributed by atoms with Crippen molar-refractivity contribution in [3.8, 4) is 5.75 Å². The van der Waals surface area contributed by atoms with Crippen LogP contribution in [0, 0.1) is 0 Å². The predicted molar refractivity (Wildman–Crippen MR) is 96.6 cm³/mol. The number of aromatic nitrogens is 2. The zero-order valence-electron chi connectivity index (χ0n) is 14.5. The molecular formula is C19H21N3O3. The molecule has 0 saturated heterocycles. The van der Waals surface area contributed by atoms with Gasteiger partial charge >= 0.3 is 6.09 Å². The van der Waals surface area contributed by atoms with Crippen LogP contribution in [-0.2, 0) is 11.3 Å². The van der Waals surface area contributed by atoms with Crippen molar-refractivity contribution in [3.05, 3.63) is 54.2 Å². The second kappa shape index (κ2) is 6.47. The number of rotatable bonds is 3. The van der Waals surface area contributed by atoms with Crippen LogP contribution in [0.3, 0.4) is 0 Å². The number of fused-ring (bicyclic) bond motifs is 1. The van der Waals surface area contributed by atoms with Gasteiger partial charge in [0.25, 0.3) is 0 Å². The zero-order valence-corrected chi connectivity index (χ0v) is 14.5. The molecule has 6 heteroatoms. The van der Waals surface area contributed by atoms with Gasteiger partial charge in [-0.25, -0.2) is 4.79 Å². The number of benzene rings is 2. The van der Waals surface area contributed by atoms with Gasteiger partial charge in [0.05, 0.1) is 23.9 Å². The number of nitrogens with zero attached hydrogens (tertiary/aromatic N) is 2. The van der Waals surface area contributed by atoms with Gasteiger partial charge in [0.15, 0.2) is 0 Å². The minimum Gasteiger partial charge on any atom is -0.508 e. The van der Waals surface area contributed by atoms with E-state index in [1.807, 2.05) is 39.0 Å². The highest BCUT2D eigenvalue weighted by atomic mass is 16.6. The molecule has 3 aromatic rings. The molecule has 130 valence electrons.